The van der Waals surface area contributed by atoms with Gasteiger partial charge in [0.1, 0.15) is 6.61 Å². The lowest BCUT2D eigenvalue weighted by atomic mass is 10.4. The van der Waals surface area contributed by atoms with Gasteiger partial charge in [-0.3, -0.25) is 0 Å². The van der Waals surface area contributed by atoms with Gasteiger partial charge in [0, 0.05) is 5.69 Å². The molecule has 0 unspecified atom stereocenters. The Hall–Kier alpha value is -2.31. The summed E-state index contributed by atoms with van der Waals surface area (Å²) in [6.45, 7) is 2.55. The van der Waals surface area contributed by atoms with E-state index >= 15 is 0 Å². The number of hydrogen-bond acceptors (Lipinski definition) is 5. The van der Waals surface area contributed by atoms with Crippen molar-refractivity contribution in [3.05, 3.63) is 23.9 Å². The lowest BCUT2D eigenvalue weighted by Gasteiger charge is -2.01. The molecule has 2 heterocycles. The molecule has 0 fully saturated rings. The standard InChI is InChI=1S/C10H13N5O2/c1-7-3-2-4-8-13-10(14-15(7)8)12-5-6-17-9(11)16/h2-4H,5-6H2,1H3,(H2,11,16)(H,12,14). The van der Waals surface area contributed by atoms with Crippen LogP contribution in [0, 0.1) is 6.92 Å². The quantitative estimate of drug-likeness (QED) is 0.754. The van der Waals surface area contributed by atoms with E-state index in [9.17, 15) is 4.79 Å². The second-order valence-corrected chi connectivity index (χ2v) is 3.47. The van der Waals surface area contributed by atoms with Crippen molar-refractivity contribution in [3.8, 4) is 0 Å². The highest BCUT2D eigenvalue weighted by molar-refractivity contribution is 5.64. The first-order chi connectivity index (χ1) is 8.16. The first kappa shape index (κ1) is 11.2. The Balaban J connectivity index is 2.00. The van der Waals surface area contributed by atoms with Gasteiger partial charge in [0.05, 0.1) is 6.54 Å². The van der Waals surface area contributed by atoms with Crippen LogP contribution >= 0.6 is 0 Å². The zero-order valence-electron chi connectivity index (χ0n) is 9.38. The number of anilines is 1. The highest BCUT2D eigenvalue weighted by Gasteiger charge is 2.03. The number of carbonyl (C=O) groups excluding carboxylic acids is 1. The van der Waals surface area contributed by atoms with Crippen molar-refractivity contribution in [3.63, 3.8) is 0 Å². The van der Waals surface area contributed by atoms with Crippen molar-refractivity contribution in [2.24, 2.45) is 5.73 Å². The largest absolute Gasteiger partial charge is 0.448 e. The number of hydrogen-bond donors (Lipinski definition) is 2. The van der Waals surface area contributed by atoms with E-state index < -0.39 is 6.09 Å². The van der Waals surface area contributed by atoms with Crippen LogP contribution in [-0.4, -0.2) is 33.8 Å². The van der Waals surface area contributed by atoms with Gasteiger partial charge < -0.3 is 15.8 Å². The minimum absolute atomic E-state index is 0.184. The van der Waals surface area contributed by atoms with Gasteiger partial charge in [0.15, 0.2) is 5.65 Å². The van der Waals surface area contributed by atoms with Crippen molar-refractivity contribution < 1.29 is 9.53 Å². The van der Waals surface area contributed by atoms with Crippen LogP contribution in [0.15, 0.2) is 18.2 Å². The molecule has 0 spiro atoms. The van der Waals surface area contributed by atoms with Crippen LogP contribution in [0.25, 0.3) is 5.65 Å². The second kappa shape index (κ2) is 4.69. The third kappa shape index (κ3) is 2.63. The molecular weight excluding hydrogens is 222 g/mol. The Bertz CT molecular complexity index is 536. The maximum atomic E-state index is 10.3. The van der Waals surface area contributed by atoms with Crippen LogP contribution in [0.3, 0.4) is 0 Å². The van der Waals surface area contributed by atoms with Crippen molar-refractivity contribution in [2.45, 2.75) is 6.92 Å². The highest BCUT2D eigenvalue weighted by atomic mass is 16.5. The van der Waals surface area contributed by atoms with Crippen molar-refractivity contribution in [2.75, 3.05) is 18.5 Å². The van der Waals surface area contributed by atoms with E-state index in [1.807, 2.05) is 25.1 Å². The number of nitrogens with zero attached hydrogens (tertiary/aromatic N) is 3. The molecule has 0 aliphatic rings. The van der Waals surface area contributed by atoms with Crippen LogP contribution < -0.4 is 11.1 Å². The maximum absolute atomic E-state index is 10.3. The van der Waals surface area contributed by atoms with E-state index in [4.69, 9.17) is 5.73 Å². The monoisotopic (exact) mass is 235 g/mol. The van der Waals surface area contributed by atoms with E-state index in [0.717, 1.165) is 11.3 Å². The number of fused-ring (bicyclic) bond motifs is 1. The number of nitrogens with two attached hydrogens (primary N) is 1. The SMILES string of the molecule is Cc1cccc2nc(NCCOC(N)=O)nn12. The number of primary amides is 1. The van der Waals surface area contributed by atoms with E-state index in [1.54, 1.807) is 4.52 Å². The van der Waals surface area contributed by atoms with E-state index in [2.05, 4.69) is 20.1 Å². The minimum atomic E-state index is -0.786. The molecule has 0 aromatic carbocycles. The molecular formula is C10H13N5O2. The molecule has 0 saturated heterocycles. The average Bonchev–Trinajstić information content (AvgIpc) is 2.69. The summed E-state index contributed by atoms with van der Waals surface area (Å²) in [5.74, 6) is 0.493. The fourth-order valence-corrected chi connectivity index (χ4v) is 1.42. The smallest absolute Gasteiger partial charge is 0.404 e. The molecule has 0 radical (unpaired) electrons. The van der Waals surface area contributed by atoms with Crippen LogP contribution in [0.4, 0.5) is 10.7 Å². The fraction of sp³-hybridized carbons (Fsp3) is 0.300. The third-order valence-electron chi connectivity index (χ3n) is 2.18. The van der Waals surface area contributed by atoms with E-state index in [-0.39, 0.29) is 6.61 Å². The molecule has 0 saturated carbocycles. The minimum Gasteiger partial charge on any atom is -0.448 e. The number of carbonyl (C=O) groups is 1. The molecule has 1 amide bonds. The van der Waals surface area contributed by atoms with Gasteiger partial charge >= 0.3 is 6.09 Å². The fourth-order valence-electron chi connectivity index (χ4n) is 1.42. The second-order valence-electron chi connectivity index (χ2n) is 3.47. The van der Waals surface area contributed by atoms with Gasteiger partial charge in [-0.05, 0) is 19.1 Å². The first-order valence-electron chi connectivity index (χ1n) is 5.15. The van der Waals surface area contributed by atoms with E-state index in [1.165, 1.54) is 0 Å². The van der Waals surface area contributed by atoms with Gasteiger partial charge in [-0.15, -0.1) is 5.10 Å². The third-order valence-corrected chi connectivity index (χ3v) is 2.18. The molecule has 2 aromatic heterocycles. The Morgan fingerprint density at radius 1 is 1.59 bits per heavy atom. The van der Waals surface area contributed by atoms with Crippen LogP contribution in [0.5, 0.6) is 0 Å². The number of aromatic nitrogens is 3. The molecule has 0 bridgehead atoms. The Kier molecular flexibility index (Phi) is 3.08. The van der Waals surface area contributed by atoms with Crippen molar-refractivity contribution >= 4 is 17.7 Å². The number of aryl methyl sites for hydroxylation is 1. The zero-order chi connectivity index (χ0) is 12.3. The van der Waals surface area contributed by atoms with Crippen LogP contribution in [0.1, 0.15) is 5.69 Å². The molecule has 2 rings (SSSR count). The lowest BCUT2D eigenvalue weighted by molar-refractivity contribution is 0.161. The predicted molar refractivity (Wildman–Crippen MR) is 61.7 cm³/mol. The highest BCUT2D eigenvalue weighted by Crippen LogP contribution is 2.07. The van der Waals surface area contributed by atoms with Gasteiger partial charge in [-0.1, -0.05) is 6.07 Å². The summed E-state index contributed by atoms with van der Waals surface area (Å²) >= 11 is 0. The summed E-state index contributed by atoms with van der Waals surface area (Å²) in [6.07, 6.45) is -0.786. The molecule has 0 atom stereocenters. The number of pyridine rings is 1. The topological polar surface area (TPSA) is 94.5 Å². The van der Waals surface area contributed by atoms with Crippen molar-refractivity contribution in [1.82, 2.24) is 14.6 Å². The summed E-state index contributed by atoms with van der Waals surface area (Å²) < 4.78 is 6.31. The molecule has 17 heavy (non-hydrogen) atoms. The number of amides is 1. The predicted octanol–water partition coefficient (Wildman–Crippen LogP) is 0.545. The van der Waals surface area contributed by atoms with Gasteiger partial charge in [-0.25, -0.2) is 9.31 Å². The van der Waals surface area contributed by atoms with Gasteiger partial charge in [-0.2, -0.15) is 4.98 Å². The van der Waals surface area contributed by atoms with Crippen molar-refractivity contribution in [1.29, 1.82) is 0 Å². The Morgan fingerprint density at radius 3 is 3.12 bits per heavy atom. The first-order valence-corrected chi connectivity index (χ1v) is 5.15. The Labute approximate surface area is 97.6 Å². The molecule has 90 valence electrons. The lowest BCUT2D eigenvalue weighted by Crippen LogP contribution is -2.18. The molecule has 2 aromatic rings. The Morgan fingerprint density at radius 2 is 2.41 bits per heavy atom. The summed E-state index contributed by atoms with van der Waals surface area (Å²) in [7, 11) is 0. The summed E-state index contributed by atoms with van der Waals surface area (Å²) in [5.41, 5.74) is 6.59. The molecule has 7 nitrogen and oxygen atoms in total. The maximum Gasteiger partial charge on any atom is 0.404 e. The zero-order valence-corrected chi connectivity index (χ0v) is 9.38. The molecule has 7 heteroatoms. The van der Waals surface area contributed by atoms with Gasteiger partial charge in [0.25, 0.3) is 0 Å². The average molecular weight is 235 g/mol. The molecule has 0 aliphatic carbocycles. The van der Waals surface area contributed by atoms with Crippen LogP contribution in [0.2, 0.25) is 0 Å². The van der Waals surface area contributed by atoms with Gasteiger partial charge in [0.2, 0.25) is 5.95 Å². The molecule has 3 N–H and O–H groups in total. The summed E-state index contributed by atoms with van der Waals surface area (Å²) in [6, 6.07) is 5.73. The number of ether oxygens (including phenoxy) is 1. The number of nitrogens with one attached hydrogen (secondary N) is 1. The summed E-state index contributed by atoms with van der Waals surface area (Å²) in [4.78, 5) is 14.6. The normalized spacial score (nSPS) is 10.4. The van der Waals surface area contributed by atoms with Crippen LogP contribution in [-0.2, 0) is 4.74 Å². The molecule has 0 aliphatic heterocycles. The number of rotatable bonds is 4. The van der Waals surface area contributed by atoms with E-state index in [0.29, 0.717) is 12.5 Å². The summed E-state index contributed by atoms with van der Waals surface area (Å²) in [5, 5.41) is 7.19.